The highest BCUT2D eigenvalue weighted by Gasteiger charge is 2.31. The van der Waals surface area contributed by atoms with E-state index in [-0.39, 0.29) is 12.0 Å². The van der Waals surface area contributed by atoms with Crippen LogP contribution in [0.2, 0.25) is 0 Å². The van der Waals surface area contributed by atoms with E-state index in [0.29, 0.717) is 5.41 Å². The average Bonchev–Trinajstić information content (AvgIpc) is 1.94. The van der Waals surface area contributed by atoms with Crippen LogP contribution in [0.5, 0.6) is 0 Å². The maximum absolute atomic E-state index is 10.1. The second-order valence-electron chi connectivity index (χ2n) is 4.52. The fourth-order valence-electron chi connectivity index (χ4n) is 1.96. The van der Waals surface area contributed by atoms with Gasteiger partial charge in [0.15, 0.2) is 0 Å². The van der Waals surface area contributed by atoms with Crippen LogP contribution in [0.15, 0.2) is 6.08 Å². The molecule has 0 saturated heterocycles. The SMILES string of the molecule is CC1(C)CCC(C=C=O)C(N)C1. The molecule has 1 fully saturated rings. The third kappa shape index (κ3) is 2.20. The Labute approximate surface area is 73.8 Å². The van der Waals surface area contributed by atoms with Crippen LogP contribution < -0.4 is 5.73 Å². The molecule has 0 spiro atoms. The lowest BCUT2D eigenvalue weighted by atomic mass is 9.71. The standard InChI is InChI=1S/C10H17NO/c1-10(2)5-3-8(4-6-12)9(11)7-10/h4,8-9H,3,5,7,11H2,1-2H3. The molecule has 68 valence electrons. The summed E-state index contributed by atoms with van der Waals surface area (Å²) >= 11 is 0. The van der Waals surface area contributed by atoms with E-state index >= 15 is 0 Å². The van der Waals surface area contributed by atoms with Gasteiger partial charge in [-0.05, 0) is 24.7 Å². The summed E-state index contributed by atoms with van der Waals surface area (Å²) in [4.78, 5) is 10.1. The average molecular weight is 167 g/mol. The largest absolute Gasteiger partial charge is 0.327 e. The summed E-state index contributed by atoms with van der Waals surface area (Å²) in [6.07, 6.45) is 4.78. The Hall–Kier alpha value is -0.590. The highest BCUT2D eigenvalue weighted by molar-refractivity contribution is 5.46. The maximum atomic E-state index is 10.1. The zero-order chi connectivity index (χ0) is 9.19. The lowest BCUT2D eigenvalue weighted by molar-refractivity contribution is 0.187. The monoisotopic (exact) mass is 167 g/mol. The van der Waals surface area contributed by atoms with Gasteiger partial charge in [-0.1, -0.05) is 13.8 Å². The predicted molar refractivity (Wildman–Crippen MR) is 49.4 cm³/mol. The quantitative estimate of drug-likeness (QED) is 0.602. The van der Waals surface area contributed by atoms with Crippen LogP contribution >= 0.6 is 0 Å². The van der Waals surface area contributed by atoms with Crippen molar-refractivity contribution in [1.82, 2.24) is 0 Å². The van der Waals surface area contributed by atoms with Crippen molar-refractivity contribution < 1.29 is 4.79 Å². The van der Waals surface area contributed by atoms with Gasteiger partial charge in [0.25, 0.3) is 0 Å². The van der Waals surface area contributed by atoms with Gasteiger partial charge in [-0.25, -0.2) is 4.79 Å². The molecule has 2 nitrogen and oxygen atoms in total. The summed E-state index contributed by atoms with van der Waals surface area (Å²) in [5, 5.41) is 0. The molecule has 0 radical (unpaired) electrons. The summed E-state index contributed by atoms with van der Waals surface area (Å²) in [6, 6.07) is 0.148. The number of hydrogen-bond donors (Lipinski definition) is 1. The summed E-state index contributed by atoms with van der Waals surface area (Å²) in [5.74, 6) is 2.10. The molecule has 1 aliphatic rings. The summed E-state index contributed by atoms with van der Waals surface area (Å²) in [7, 11) is 0. The lowest BCUT2D eigenvalue weighted by Gasteiger charge is -2.37. The van der Waals surface area contributed by atoms with Gasteiger partial charge < -0.3 is 5.73 Å². The Morgan fingerprint density at radius 3 is 2.75 bits per heavy atom. The first kappa shape index (κ1) is 9.50. The summed E-state index contributed by atoms with van der Waals surface area (Å²) in [5.41, 5.74) is 6.28. The third-order valence-corrected chi connectivity index (χ3v) is 2.77. The minimum Gasteiger partial charge on any atom is -0.327 e. The molecule has 1 aliphatic carbocycles. The van der Waals surface area contributed by atoms with E-state index in [1.807, 2.05) is 5.94 Å². The minimum atomic E-state index is 0.148. The van der Waals surface area contributed by atoms with Crippen molar-refractivity contribution in [2.45, 2.75) is 39.2 Å². The lowest BCUT2D eigenvalue weighted by Crippen LogP contribution is -2.39. The van der Waals surface area contributed by atoms with Gasteiger partial charge in [0.05, 0.1) is 0 Å². The van der Waals surface area contributed by atoms with E-state index in [4.69, 9.17) is 5.73 Å². The molecule has 12 heavy (non-hydrogen) atoms. The molecule has 0 heterocycles. The molecule has 2 heteroatoms. The van der Waals surface area contributed by atoms with Gasteiger partial charge >= 0.3 is 0 Å². The first-order valence-electron chi connectivity index (χ1n) is 4.52. The zero-order valence-electron chi connectivity index (χ0n) is 7.84. The second kappa shape index (κ2) is 3.42. The summed E-state index contributed by atoms with van der Waals surface area (Å²) in [6.45, 7) is 4.46. The van der Waals surface area contributed by atoms with Crippen LogP contribution in [0.25, 0.3) is 0 Å². The molecule has 1 saturated carbocycles. The van der Waals surface area contributed by atoms with Gasteiger partial charge in [-0.2, -0.15) is 0 Å². The maximum Gasteiger partial charge on any atom is 0.120 e. The van der Waals surface area contributed by atoms with Gasteiger partial charge in [0.1, 0.15) is 5.94 Å². The van der Waals surface area contributed by atoms with Crippen molar-refractivity contribution >= 4 is 5.94 Å². The fourth-order valence-corrected chi connectivity index (χ4v) is 1.96. The zero-order valence-corrected chi connectivity index (χ0v) is 7.84. The summed E-state index contributed by atoms with van der Waals surface area (Å²) < 4.78 is 0. The fraction of sp³-hybridized carbons (Fsp3) is 0.800. The molecule has 0 aliphatic heterocycles. The molecule has 0 aromatic carbocycles. The minimum absolute atomic E-state index is 0.148. The van der Waals surface area contributed by atoms with Gasteiger partial charge in [0, 0.05) is 18.0 Å². The first-order valence-corrected chi connectivity index (χ1v) is 4.52. The highest BCUT2D eigenvalue weighted by atomic mass is 16.1. The van der Waals surface area contributed by atoms with Crippen LogP contribution in [0.4, 0.5) is 0 Å². The van der Waals surface area contributed by atoms with E-state index in [9.17, 15) is 4.79 Å². The molecular weight excluding hydrogens is 150 g/mol. The van der Waals surface area contributed by atoms with Crippen molar-refractivity contribution in [3.8, 4) is 0 Å². The van der Waals surface area contributed by atoms with Gasteiger partial charge in [0.2, 0.25) is 0 Å². The van der Waals surface area contributed by atoms with Crippen molar-refractivity contribution in [2.75, 3.05) is 0 Å². The normalized spacial score (nSPS) is 33.9. The van der Waals surface area contributed by atoms with Crippen molar-refractivity contribution in [3.05, 3.63) is 6.08 Å². The smallest absolute Gasteiger partial charge is 0.120 e. The van der Waals surface area contributed by atoms with Crippen LogP contribution in [-0.4, -0.2) is 12.0 Å². The van der Waals surface area contributed by atoms with E-state index in [2.05, 4.69) is 13.8 Å². The van der Waals surface area contributed by atoms with Crippen molar-refractivity contribution in [1.29, 1.82) is 0 Å². The first-order chi connectivity index (χ1) is 5.55. The second-order valence-corrected chi connectivity index (χ2v) is 4.52. The number of hydrogen-bond acceptors (Lipinski definition) is 2. The molecule has 1 rings (SSSR count). The Kier molecular flexibility index (Phi) is 2.71. The Morgan fingerprint density at radius 2 is 2.25 bits per heavy atom. The van der Waals surface area contributed by atoms with E-state index in [0.717, 1.165) is 19.3 Å². The molecule has 0 bridgehead atoms. The molecule has 2 atom stereocenters. The molecular formula is C10H17NO. The van der Waals surface area contributed by atoms with Crippen LogP contribution in [0.1, 0.15) is 33.1 Å². The predicted octanol–water partition coefficient (Wildman–Crippen LogP) is 1.53. The van der Waals surface area contributed by atoms with Gasteiger partial charge in [-0.3, -0.25) is 0 Å². The van der Waals surface area contributed by atoms with E-state index < -0.39 is 0 Å². The van der Waals surface area contributed by atoms with Crippen LogP contribution in [-0.2, 0) is 4.79 Å². The molecule has 2 unspecified atom stereocenters. The Morgan fingerprint density at radius 1 is 1.58 bits per heavy atom. The Bertz CT molecular complexity index is 204. The van der Waals surface area contributed by atoms with Gasteiger partial charge in [-0.15, -0.1) is 0 Å². The molecule has 0 aromatic rings. The van der Waals surface area contributed by atoms with E-state index in [1.165, 1.54) is 0 Å². The number of carbonyl (C=O) groups excluding carboxylic acids is 1. The van der Waals surface area contributed by atoms with Crippen molar-refractivity contribution in [2.24, 2.45) is 17.1 Å². The molecule has 2 N–H and O–H groups in total. The molecule has 0 aromatic heterocycles. The van der Waals surface area contributed by atoms with Crippen LogP contribution in [0.3, 0.4) is 0 Å². The number of rotatable bonds is 1. The highest BCUT2D eigenvalue weighted by Crippen LogP contribution is 2.37. The van der Waals surface area contributed by atoms with E-state index in [1.54, 1.807) is 6.08 Å². The third-order valence-electron chi connectivity index (χ3n) is 2.77. The topological polar surface area (TPSA) is 43.1 Å². The van der Waals surface area contributed by atoms with Crippen LogP contribution in [0, 0.1) is 11.3 Å². The Balaban J connectivity index is 2.59. The molecule has 0 amide bonds. The number of nitrogens with two attached hydrogens (primary N) is 1. The van der Waals surface area contributed by atoms with Crippen molar-refractivity contribution in [3.63, 3.8) is 0 Å².